The van der Waals surface area contributed by atoms with Crippen molar-refractivity contribution in [3.05, 3.63) is 34.6 Å². The highest BCUT2D eigenvalue weighted by atomic mass is 19.4. The van der Waals surface area contributed by atoms with E-state index >= 15 is 0 Å². The third-order valence-electron chi connectivity index (χ3n) is 5.73. The Labute approximate surface area is 181 Å². The number of halogens is 4. The lowest BCUT2D eigenvalue weighted by Crippen LogP contribution is -2.21. The zero-order valence-corrected chi connectivity index (χ0v) is 17.3. The van der Waals surface area contributed by atoms with Gasteiger partial charge in [0.15, 0.2) is 5.82 Å². The first kappa shape index (κ1) is 22.7. The molecule has 5 rings (SSSR count). The van der Waals surface area contributed by atoms with Crippen molar-refractivity contribution < 1.29 is 37.2 Å². The molecule has 1 aromatic heterocycles. The molecule has 0 bridgehead atoms. The molecule has 174 valence electrons. The molecule has 1 saturated heterocycles. The average Bonchev–Trinajstić information content (AvgIpc) is 3.42. The number of aliphatic hydroxyl groups is 1. The van der Waals surface area contributed by atoms with E-state index in [4.69, 9.17) is 14.6 Å². The van der Waals surface area contributed by atoms with E-state index in [-0.39, 0.29) is 18.4 Å². The van der Waals surface area contributed by atoms with E-state index < -0.39 is 34.5 Å². The van der Waals surface area contributed by atoms with E-state index in [0.29, 0.717) is 30.1 Å². The lowest BCUT2D eigenvalue weighted by atomic mass is 9.97. The molecule has 11 heteroatoms. The van der Waals surface area contributed by atoms with E-state index in [2.05, 4.69) is 15.5 Å². The van der Waals surface area contributed by atoms with Crippen LogP contribution in [0.2, 0.25) is 0 Å². The zero-order chi connectivity index (χ0) is 23.1. The summed E-state index contributed by atoms with van der Waals surface area (Å²) in [5.74, 6) is -1.56. The van der Waals surface area contributed by atoms with Crippen molar-refractivity contribution in [1.29, 1.82) is 0 Å². The number of ether oxygens (including phenoxy) is 2. The fourth-order valence-electron chi connectivity index (χ4n) is 3.98. The summed E-state index contributed by atoms with van der Waals surface area (Å²) in [7, 11) is 1.66. The van der Waals surface area contributed by atoms with Crippen molar-refractivity contribution in [2.75, 3.05) is 25.6 Å². The van der Waals surface area contributed by atoms with Gasteiger partial charge in [-0.1, -0.05) is 0 Å². The Morgan fingerprint density at radius 2 is 1.97 bits per heavy atom. The third kappa shape index (κ3) is 4.24. The number of aromatic hydroxyl groups is 1. The minimum absolute atomic E-state index is 0.00139. The predicted molar refractivity (Wildman–Crippen MR) is 105 cm³/mol. The summed E-state index contributed by atoms with van der Waals surface area (Å²) < 4.78 is 63.4. The van der Waals surface area contributed by atoms with Crippen LogP contribution in [0.1, 0.15) is 42.4 Å². The number of aliphatic hydroxyl groups excluding tert-OH is 1. The van der Waals surface area contributed by atoms with Crippen LogP contribution in [0.5, 0.6) is 5.75 Å². The number of phenols is 1. The lowest BCUT2D eigenvalue weighted by Gasteiger charge is -2.15. The van der Waals surface area contributed by atoms with E-state index in [9.17, 15) is 22.7 Å². The second-order valence-electron chi connectivity index (χ2n) is 8.00. The molecule has 3 heterocycles. The van der Waals surface area contributed by atoms with Crippen LogP contribution >= 0.6 is 0 Å². The summed E-state index contributed by atoms with van der Waals surface area (Å²) in [4.78, 5) is 0. The molecule has 32 heavy (non-hydrogen) atoms. The van der Waals surface area contributed by atoms with Gasteiger partial charge < -0.3 is 25.0 Å². The topological polar surface area (TPSA) is 96.7 Å². The monoisotopic (exact) mass is 457 g/mol. The van der Waals surface area contributed by atoms with E-state index in [1.54, 1.807) is 7.05 Å². The number of hydrogen-bond acceptors (Lipinski definition) is 7. The van der Waals surface area contributed by atoms with Gasteiger partial charge in [-0.05, 0) is 37.8 Å². The van der Waals surface area contributed by atoms with Crippen LogP contribution in [0.4, 0.5) is 23.4 Å². The Morgan fingerprint density at radius 1 is 1.22 bits per heavy atom. The SMILES string of the molecule is CNc1nnc(-c2c(O)cc(C(F)(F)F)cc2F)c2c1C1(CC1)OC2.OC1CCCOC1. The molecule has 2 aliphatic heterocycles. The predicted octanol–water partition coefficient (Wildman–Crippen LogP) is 3.73. The molecule has 2 aromatic rings. The fraction of sp³-hybridized carbons (Fsp3) is 0.524. The number of anilines is 1. The Morgan fingerprint density at radius 3 is 2.47 bits per heavy atom. The standard InChI is InChI=1S/C16H13F4N3O2.C5H10O2/c1-21-14-12-8(6-25-15(12)2-3-15)13(22-23-14)11-9(17)4-7(5-10(11)24)16(18,19)20;6-5-2-1-3-7-4-5/h4-5,24H,2-3,6H2,1H3,(H,21,23);5-6H,1-4H2. The van der Waals surface area contributed by atoms with E-state index in [1.807, 2.05) is 0 Å². The molecule has 1 saturated carbocycles. The van der Waals surface area contributed by atoms with Gasteiger partial charge in [0.1, 0.15) is 17.3 Å². The van der Waals surface area contributed by atoms with Crippen LogP contribution in [-0.2, 0) is 27.9 Å². The molecular formula is C21H23F4N3O4. The van der Waals surface area contributed by atoms with Crippen LogP contribution in [-0.4, -0.2) is 46.8 Å². The number of benzene rings is 1. The Bertz CT molecular complexity index is 982. The lowest BCUT2D eigenvalue weighted by molar-refractivity contribution is -0.137. The van der Waals surface area contributed by atoms with Crippen molar-refractivity contribution in [2.24, 2.45) is 0 Å². The molecule has 0 amide bonds. The van der Waals surface area contributed by atoms with Gasteiger partial charge in [-0.3, -0.25) is 0 Å². The summed E-state index contributed by atoms with van der Waals surface area (Å²) in [6.07, 6.45) is -1.46. The summed E-state index contributed by atoms with van der Waals surface area (Å²) in [5, 5.41) is 29.6. The van der Waals surface area contributed by atoms with E-state index in [1.165, 1.54) is 0 Å². The minimum Gasteiger partial charge on any atom is -0.507 e. The molecule has 1 atom stereocenters. The Balaban J connectivity index is 0.000000300. The van der Waals surface area contributed by atoms with Crippen LogP contribution in [0.25, 0.3) is 11.3 Å². The highest BCUT2D eigenvalue weighted by Gasteiger charge is 2.53. The first-order valence-corrected chi connectivity index (χ1v) is 10.2. The first-order chi connectivity index (χ1) is 15.2. The number of hydrogen-bond donors (Lipinski definition) is 3. The highest BCUT2D eigenvalue weighted by molar-refractivity contribution is 5.75. The summed E-state index contributed by atoms with van der Waals surface area (Å²) in [5.41, 5.74) is -0.888. The number of nitrogens with one attached hydrogen (secondary N) is 1. The molecule has 3 N–H and O–H groups in total. The van der Waals surface area contributed by atoms with Gasteiger partial charge in [-0.15, -0.1) is 10.2 Å². The molecule has 1 aromatic carbocycles. The second-order valence-corrected chi connectivity index (χ2v) is 8.00. The molecule has 3 aliphatic rings. The summed E-state index contributed by atoms with van der Waals surface area (Å²) in [6, 6.07) is 0.832. The van der Waals surface area contributed by atoms with Gasteiger partial charge in [0.05, 0.1) is 36.0 Å². The fourth-order valence-corrected chi connectivity index (χ4v) is 3.98. The van der Waals surface area contributed by atoms with Crippen LogP contribution in [0.3, 0.4) is 0 Å². The maximum Gasteiger partial charge on any atom is 0.416 e. The average molecular weight is 457 g/mol. The Hall–Kier alpha value is -2.50. The van der Waals surface area contributed by atoms with Gasteiger partial charge in [-0.25, -0.2) is 4.39 Å². The molecule has 1 aliphatic carbocycles. The normalized spacial score (nSPS) is 21.0. The summed E-state index contributed by atoms with van der Waals surface area (Å²) in [6.45, 7) is 1.51. The van der Waals surface area contributed by atoms with Crippen LogP contribution in [0.15, 0.2) is 12.1 Å². The zero-order valence-electron chi connectivity index (χ0n) is 17.3. The van der Waals surface area contributed by atoms with Crippen molar-refractivity contribution >= 4 is 5.82 Å². The highest BCUT2D eigenvalue weighted by Crippen LogP contribution is 2.58. The molecule has 0 radical (unpaired) electrons. The smallest absolute Gasteiger partial charge is 0.416 e. The van der Waals surface area contributed by atoms with Gasteiger partial charge >= 0.3 is 6.18 Å². The molecule has 1 unspecified atom stereocenters. The van der Waals surface area contributed by atoms with Gasteiger partial charge in [-0.2, -0.15) is 13.2 Å². The van der Waals surface area contributed by atoms with E-state index in [0.717, 1.165) is 37.9 Å². The number of rotatable bonds is 2. The van der Waals surface area contributed by atoms with Crippen molar-refractivity contribution in [1.82, 2.24) is 10.2 Å². The number of alkyl halides is 3. The molecule has 7 nitrogen and oxygen atoms in total. The first-order valence-electron chi connectivity index (χ1n) is 10.2. The number of fused-ring (bicyclic) bond motifs is 2. The maximum atomic E-state index is 14.4. The van der Waals surface area contributed by atoms with Gasteiger partial charge in [0.2, 0.25) is 0 Å². The summed E-state index contributed by atoms with van der Waals surface area (Å²) >= 11 is 0. The second kappa shape index (κ2) is 8.45. The molecule has 2 fully saturated rings. The van der Waals surface area contributed by atoms with Crippen LogP contribution < -0.4 is 5.32 Å². The largest absolute Gasteiger partial charge is 0.507 e. The Kier molecular flexibility index (Phi) is 5.99. The quantitative estimate of drug-likeness (QED) is 0.592. The van der Waals surface area contributed by atoms with Crippen molar-refractivity contribution in [2.45, 2.75) is 50.2 Å². The van der Waals surface area contributed by atoms with Gasteiger partial charge in [0, 0.05) is 24.8 Å². The third-order valence-corrected chi connectivity index (χ3v) is 5.73. The minimum atomic E-state index is -4.76. The van der Waals surface area contributed by atoms with Crippen LogP contribution in [0, 0.1) is 5.82 Å². The molecular weight excluding hydrogens is 434 g/mol. The maximum absolute atomic E-state index is 14.4. The number of phenolic OH excluding ortho intramolecular Hbond substituents is 1. The van der Waals surface area contributed by atoms with Crippen molar-refractivity contribution in [3.63, 3.8) is 0 Å². The van der Waals surface area contributed by atoms with Gasteiger partial charge in [0.25, 0.3) is 0 Å². The molecule has 1 spiro atoms. The van der Waals surface area contributed by atoms with Crippen molar-refractivity contribution in [3.8, 4) is 17.0 Å². The number of aromatic nitrogens is 2. The number of nitrogens with zero attached hydrogens (tertiary/aromatic N) is 2.